The summed E-state index contributed by atoms with van der Waals surface area (Å²) in [4.78, 5) is 35.0. The molecule has 0 atom stereocenters. The summed E-state index contributed by atoms with van der Waals surface area (Å²) in [5.74, 6) is -0.967. The van der Waals surface area contributed by atoms with E-state index in [2.05, 4.69) is 10.6 Å². The van der Waals surface area contributed by atoms with Gasteiger partial charge in [0.15, 0.2) is 5.78 Å². The molecule has 0 bridgehead atoms. The van der Waals surface area contributed by atoms with Gasteiger partial charge in [0.2, 0.25) is 11.8 Å². The number of Topliss-reactive ketones (excluding diaryl/α,β-unsaturated/α-hetero) is 1. The Bertz CT molecular complexity index is 645. The molecule has 0 saturated heterocycles. The summed E-state index contributed by atoms with van der Waals surface area (Å²) < 4.78 is 13.9. The predicted molar refractivity (Wildman–Crippen MR) is 95.2 cm³/mol. The topological polar surface area (TPSA) is 75.3 Å². The number of thioether (sulfide) groups is 1. The van der Waals surface area contributed by atoms with Crippen LogP contribution in [0.5, 0.6) is 0 Å². The van der Waals surface area contributed by atoms with Crippen molar-refractivity contribution in [2.24, 2.45) is 0 Å². The second-order valence-corrected chi connectivity index (χ2v) is 7.16. The molecule has 2 N–H and O–H groups in total. The number of ketones is 1. The minimum atomic E-state index is -0.513. The number of rotatable bonds is 8. The first-order valence-corrected chi connectivity index (χ1v) is 9.43. The smallest absolute Gasteiger partial charge is 0.230 e. The summed E-state index contributed by atoms with van der Waals surface area (Å²) in [5, 5.41) is 5.62. The lowest BCUT2D eigenvalue weighted by Gasteiger charge is -2.12. The maximum Gasteiger partial charge on any atom is 0.230 e. The van der Waals surface area contributed by atoms with Crippen LogP contribution >= 0.6 is 11.8 Å². The summed E-state index contributed by atoms with van der Waals surface area (Å²) in [6.45, 7) is 1.64. The van der Waals surface area contributed by atoms with Crippen LogP contribution in [0.2, 0.25) is 0 Å². The molecular weight excluding hydrogens is 343 g/mol. The molecule has 2 amide bonds. The Kier molecular flexibility index (Phi) is 7.43. The van der Waals surface area contributed by atoms with Crippen molar-refractivity contribution in [1.29, 1.82) is 0 Å². The van der Waals surface area contributed by atoms with Crippen LogP contribution in [0, 0.1) is 5.82 Å². The van der Waals surface area contributed by atoms with E-state index in [0.29, 0.717) is 10.5 Å². The normalized spacial score (nSPS) is 14.3. The van der Waals surface area contributed by atoms with Gasteiger partial charge < -0.3 is 10.6 Å². The van der Waals surface area contributed by atoms with Crippen LogP contribution in [0.1, 0.15) is 49.4 Å². The first-order valence-electron chi connectivity index (χ1n) is 8.45. The van der Waals surface area contributed by atoms with Crippen LogP contribution in [-0.4, -0.2) is 35.9 Å². The van der Waals surface area contributed by atoms with Gasteiger partial charge in [-0.3, -0.25) is 14.4 Å². The minimum Gasteiger partial charge on any atom is -0.355 e. The number of amides is 2. The van der Waals surface area contributed by atoms with Crippen molar-refractivity contribution in [3.63, 3.8) is 0 Å². The summed E-state index contributed by atoms with van der Waals surface area (Å²) in [6.07, 6.45) is 4.62. The molecule has 0 radical (unpaired) electrons. The van der Waals surface area contributed by atoms with Crippen molar-refractivity contribution >= 4 is 29.4 Å². The highest BCUT2D eigenvalue weighted by molar-refractivity contribution is 8.00. The Hall–Kier alpha value is -1.89. The SMILES string of the molecule is CC(=O)c1ccc(SCC(=O)NCCC(=O)NC2CCCC2)c(F)c1. The average molecular weight is 366 g/mol. The predicted octanol–water partition coefficient (Wildman–Crippen LogP) is 2.69. The fourth-order valence-electron chi connectivity index (χ4n) is 2.72. The van der Waals surface area contributed by atoms with E-state index in [1.165, 1.54) is 19.1 Å². The van der Waals surface area contributed by atoms with Gasteiger partial charge in [-0.2, -0.15) is 0 Å². The largest absolute Gasteiger partial charge is 0.355 e. The van der Waals surface area contributed by atoms with Crippen LogP contribution in [0.15, 0.2) is 23.1 Å². The third kappa shape index (κ3) is 6.49. The van der Waals surface area contributed by atoms with Gasteiger partial charge in [0.1, 0.15) is 5.82 Å². The Morgan fingerprint density at radius 3 is 2.56 bits per heavy atom. The van der Waals surface area contributed by atoms with E-state index in [0.717, 1.165) is 37.4 Å². The minimum absolute atomic E-state index is 0.0503. The molecule has 7 heteroatoms. The lowest BCUT2D eigenvalue weighted by molar-refractivity contribution is -0.122. The summed E-state index contributed by atoms with van der Waals surface area (Å²) >= 11 is 1.06. The van der Waals surface area contributed by atoms with E-state index in [1.54, 1.807) is 6.07 Å². The van der Waals surface area contributed by atoms with Gasteiger partial charge in [0.25, 0.3) is 0 Å². The Morgan fingerprint density at radius 2 is 1.92 bits per heavy atom. The fraction of sp³-hybridized carbons (Fsp3) is 0.500. The quantitative estimate of drug-likeness (QED) is 0.548. The molecule has 0 aliphatic heterocycles. The van der Waals surface area contributed by atoms with Gasteiger partial charge >= 0.3 is 0 Å². The zero-order valence-corrected chi connectivity index (χ0v) is 15.1. The van der Waals surface area contributed by atoms with E-state index in [1.807, 2.05) is 0 Å². The number of nitrogens with one attached hydrogen (secondary N) is 2. The second kappa shape index (κ2) is 9.56. The molecule has 1 aromatic carbocycles. The van der Waals surface area contributed by atoms with Crippen molar-refractivity contribution in [2.75, 3.05) is 12.3 Å². The van der Waals surface area contributed by atoms with Crippen molar-refractivity contribution in [2.45, 2.75) is 50.0 Å². The second-order valence-electron chi connectivity index (χ2n) is 6.14. The number of hydrogen-bond acceptors (Lipinski definition) is 4. The standard InChI is InChI=1S/C18H23FN2O3S/c1-12(22)13-6-7-16(15(19)10-13)25-11-18(24)20-9-8-17(23)21-14-4-2-3-5-14/h6-7,10,14H,2-5,8-9,11H2,1H3,(H,20,24)(H,21,23). The maximum atomic E-state index is 13.9. The molecule has 1 aromatic rings. The molecule has 5 nitrogen and oxygen atoms in total. The first kappa shape index (κ1) is 19.4. The van der Waals surface area contributed by atoms with Crippen molar-refractivity contribution in [3.8, 4) is 0 Å². The van der Waals surface area contributed by atoms with Crippen molar-refractivity contribution < 1.29 is 18.8 Å². The lowest BCUT2D eigenvalue weighted by atomic mass is 10.1. The highest BCUT2D eigenvalue weighted by atomic mass is 32.2. The lowest BCUT2D eigenvalue weighted by Crippen LogP contribution is -2.36. The summed E-state index contributed by atoms with van der Waals surface area (Å²) in [6, 6.07) is 4.49. The van der Waals surface area contributed by atoms with Crippen LogP contribution in [0.4, 0.5) is 4.39 Å². The van der Waals surface area contributed by atoms with Crippen molar-refractivity contribution in [1.82, 2.24) is 10.6 Å². The molecule has 1 aliphatic carbocycles. The van der Waals surface area contributed by atoms with Gasteiger partial charge in [-0.15, -0.1) is 11.8 Å². The molecule has 25 heavy (non-hydrogen) atoms. The van der Waals surface area contributed by atoms with Crippen LogP contribution in [0.25, 0.3) is 0 Å². The highest BCUT2D eigenvalue weighted by Gasteiger charge is 2.17. The monoisotopic (exact) mass is 366 g/mol. The zero-order chi connectivity index (χ0) is 18.2. The fourth-order valence-corrected chi connectivity index (χ4v) is 3.47. The number of carbonyl (C=O) groups is 3. The Morgan fingerprint density at radius 1 is 1.20 bits per heavy atom. The molecule has 0 spiro atoms. The number of benzene rings is 1. The third-order valence-corrected chi connectivity index (χ3v) is 5.14. The van der Waals surface area contributed by atoms with Gasteiger partial charge in [-0.1, -0.05) is 18.9 Å². The molecule has 2 rings (SSSR count). The summed E-state index contributed by atoms with van der Waals surface area (Å²) in [7, 11) is 0. The van der Waals surface area contributed by atoms with E-state index in [-0.39, 0.29) is 42.4 Å². The highest BCUT2D eigenvalue weighted by Crippen LogP contribution is 2.22. The molecule has 136 valence electrons. The molecule has 1 aliphatic rings. The van der Waals surface area contributed by atoms with Crippen LogP contribution < -0.4 is 10.6 Å². The number of carbonyl (C=O) groups excluding carboxylic acids is 3. The summed E-state index contributed by atoms with van der Waals surface area (Å²) in [5.41, 5.74) is 0.305. The van der Waals surface area contributed by atoms with E-state index < -0.39 is 5.82 Å². The average Bonchev–Trinajstić information content (AvgIpc) is 3.06. The van der Waals surface area contributed by atoms with Gasteiger partial charge in [-0.05, 0) is 31.9 Å². The number of hydrogen-bond donors (Lipinski definition) is 2. The van der Waals surface area contributed by atoms with Gasteiger partial charge in [-0.25, -0.2) is 4.39 Å². The van der Waals surface area contributed by atoms with Gasteiger partial charge in [0, 0.05) is 29.5 Å². The van der Waals surface area contributed by atoms with Crippen LogP contribution in [-0.2, 0) is 9.59 Å². The Balaban J connectivity index is 1.66. The van der Waals surface area contributed by atoms with Crippen LogP contribution in [0.3, 0.4) is 0 Å². The molecule has 1 fully saturated rings. The van der Waals surface area contributed by atoms with E-state index in [9.17, 15) is 18.8 Å². The van der Waals surface area contributed by atoms with Gasteiger partial charge in [0.05, 0.1) is 5.75 Å². The zero-order valence-electron chi connectivity index (χ0n) is 14.3. The Labute approximate surface area is 151 Å². The molecule has 0 heterocycles. The first-order chi connectivity index (χ1) is 12.0. The molecule has 0 unspecified atom stereocenters. The third-order valence-electron chi connectivity index (χ3n) is 4.09. The van der Waals surface area contributed by atoms with E-state index in [4.69, 9.17) is 0 Å². The number of halogens is 1. The molecule has 1 saturated carbocycles. The molecular formula is C18H23FN2O3S. The molecule has 0 aromatic heterocycles. The van der Waals surface area contributed by atoms with Crippen molar-refractivity contribution in [3.05, 3.63) is 29.6 Å². The maximum absolute atomic E-state index is 13.9. The van der Waals surface area contributed by atoms with E-state index >= 15 is 0 Å².